The van der Waals surface area contributed by atoms with E-state index in [1.807, 2.05) is 36.4 Å². The Balaban J connectivity index is 0.772. The molecule has 15 heteroatoms. The normalized spacial score (nSPS) is 22.7. The van der Waals surface area contributed by atoms with Gasteiger partial charge in [-0.3, -0.25) is 44.1 Å². The zero-order valence-electron chi connectivity index (χ0n) is 31.9. The molecule has 1 atom stereocenters. The van der Waals surface area contributed by atoms with E-state index in [-0.39, 0.29) is 30.4 Å². The van der Waals surface area contributed by atoms with Crippen LogP contribution in [0.25, 0.3) is 10.9 Å². The summed E-state index contributed by atoms with van der Waals surface area (Å²) in [5, 5.41) is 12.5. The number of benzene rings is 2. The van der Waals surface area contributed by atoms with Gasteiger partial charge in [0.05, 0.1) is 33.5 Å². The molecule has 1 saturated carbocycles. The predicted molar refractivity (Wildman–Crippen MR) is 212 cm³/mol. The number of rotatable bonds is 9. The van der Waals surface area contributed by atoms with Gasteiger partial charge in [-0.15, -0.1) is 0 Å². The van der Waals surface area contributed by atoms with Gasteiger partial charge in [0.1, 0.15) is 29.8 Å². The summed E-state index contributed by atoms with van der Waals surface area (Å²) in [5.74, 6) is -0.377. The molecule has 15 nitrogen and oxygen atoms in total. The third kappa shape index (κ3) is 6.87. The van der Waals surface area contributed by atoms with Crippen LogP contribution in [0.5, 0.6) is 5.75 Å². The molecule has 5 aliphatic rings. The van der Waals surface area contributed by atoms with E-state index < -0.39 is 35.6 Å². The van der Waals surface area contributed by atoms with Crippen LogP contribution in [0.15, 0.2) is 60.8 Å². The molecular weight excluding hydrogens is 739 g/mol. The van der Waals surface area contributed by atoms with Crippen molar-refractivity contribution in [2.75, 3.05) is 55.6 Å². The Labute approximate surface area is 334 Å². The van der Waals surface area contributed by atoms with Gasteiger partial charge in [-0.1, -0.05) is 0 Å². The Morgan fingerprint density at radius 1 is 0.897 bits per heavy atom. The highest BCUT2D eigenvalue weighted by atomic mass is 16.5. The van der Waals surface area contributed by atoms with Crippen LogP contribution in [-0.4, -0.2) is 107 Å². The van der Waals surface area contributed by atoms with Crippen molar-refractivity contribution >= 4 is 51.9 Å². The summed E-state index contributed by atoms with van der Waals surface area (Å²) in [6.45, 7) is 6.02. The quantitative estimate of drug-likeness (QED) is 0.236. The Morgan fingerprint density at radius 2 is 1.67 bits per heavy atom. The maximum Gasteiger partial charge on any atom is 0.262 e. The molecule has 296 valence electrons. The number of piperazine rings is 1. The molecule has 4 aliphatic heterocycles. The van der Waals surface area contributed by atoms with Crippen molar-refractivity contribution in [1.29, 1.82) is 5.26 Å². The minimum absolute atomic E-state index is 0.0405. The van der Waals surface area contributed by atoms with Crippen LogP contribution < -0.4 is 25.6 Å². The van der Waals surface area contributed by atoms with Crippen LogP contribution in [-0.2, 0) is 9.59 Å². The number of nitrogens with two attached hydrogens (primary N) is 1. The van der Waals surface area contributed by atoms with Gasteiger partial charge < -0.3 is 20.3 Å². The SMILES string of the molecule is N#Cc1ccc(OC2CC(c3nc(N4CCC(CN5CCN(c6ccc7c(c6)C(=O)N(C6CCC(=O)NC6=O)C7=O)CC5)CC4)ccc3C(N)=O)C2)c2cccnc12. The summed E-state index contributed by atoms with van der Waals surface area (Å²) in [7, 11) is 0. The lowest BCUT2D eigenvalue weighted by molar-refractivity contribution is -0.136. The van der Waals surface area contributed by atoms with E-state index in [9.17, 15) is 29.2 Å². The highest BCUT2D eigenvalue weighted by molar-refractivity contribution is 6.23. The van der Waals surface area contributed by atoms with Crippen molar-refractivity contribution in [1.82, 2.24) is 25.1 Å². The van der Waals surface area contributed by atoms with E-state index in [1.165, 1.54) is 0 Å². The van der Waals surface area contributed by atoms with Gasteiger partial charge in [0.25, 0.3) is 17.7 Å². The Bertz CT molecular complexity index is 2390. The molecule has 58 heavy (non-hydrogen) atoms. The number of nitrogens with one attached hydrogen (secondary N) is 1. The molecule has 2 aromatic carbocycles. The van der Waals surface area contributed by atoms with Gasteiger partial charge in [0.15, 0.2) is 0 Å². The van der Waals surface area contributed by atoms with Gasteiger partial charge in [-0.25, -0.2) is 4.98 Å². The second kappa shape index (κ2) is 15.2. The summed E-state index contributed by atoms with van der Waals surface area (Å²) in [6.07, 6.45) is 5.25. The molecular formula is C43H43N9O6. The topological polar surface area (TPSA) is 195 Å². The molecule has 1 aliphatic carbocycles. The van der Waals surface area contributed by atoms with E-state index in [2.05, 4.69) is 31.1 Å². The van der Waals surface area contributed by atoms with Crippen LogP contribution in [0.2, 0.25) is 0 Å². The predicted octanol–water partition coefficient (Wildman–Crippen LogP) is 3.37. The Hall–Kier alpha value is -6.40. The highest BCUT2D eigenvalue weighted by Gasteiger charge is 2.45. The number of amides is 5. The average molecular weight is 782 g/mol. The zero-order chi connectivity index (χ0) is 40.1. The monoisotopic (exact) mass is 781 g/mol. The third-order valence-corrected chi connectivity index (χ3v) is 12.4. The molecule has 9 rings (SSSR count). The summed E-state index contributed by atoms with van der Waals surface area (Å²) >= 11 is 0. The van der Waals surface area contributed by atoms with Gasteiger partial charge >= 0.3 is 0 Å². The highest BCUT2D eigenvalue weighted by Crippen LogP contribution is 2.42. The first-order valence-corrected chi connectivity index (χ1v) is 20.0. The van der Waals surface area contributed by atoms with Crippen LogP contribution >= 0.6 is 0 Å². The fraction of sp³-hybridized carbons (Fsp3) is 0.395. The Kier molecular flexibility index (Phi) is 9.72. The first kappa shape index (κ1) is 37.2. The lowest BCUT2D eigenvalue weighted by Gasteiger charge is -2.40. The van der Waals surface area contributed by atoms with E-state index in [0.717, 1.165) is 86.1 Å². The number of pyridine rings is 2. The summed E-state index contributed by atoms with van der Waals surface area (Å²) in [5.41, 5.74) is 9.55. The van der Waals surface area contributed by atoms with Crippen LogP contribution in [0.1, 0.15) is 86.8 Å². The maximum atomic E-state index is 13.4. The fourth-order valence-corrected chi connectivity index (χ4v) is 9.12. The number of aromatic nitrogens is 2. The standard InChI is InChI=1S/C43H43N9O6/c44-23-26-3-8-35(31-2-1-13-46-38(26)31)58-29-20-27(21-29)39-32(40(45)54)6-9-36(47-39)51-14-11-25(12-15-51)24-49-16-18-50(19-17-49)28-4-5-30-33(22-28)43(57)52(42(30)56)34-7-10-37(53)48-41(34)55/h1-6,8-9,13,22,25,27,29,34H,7,10-12,14-21,24H2,(H2,45,54)(H,48,53,55). The average Bonchev–Trinajstić information content (AvgIpc) is 3.47. The third-order valence-electron chi connectivity index (χ3n) is 12.4. The summed E-state index contributed by atoms with van der Waals surface area (Å²) in [6, 6.07) is 17.5. The molecule has 0 bridgehead atoms. The van der Waals surface area contributed by atoms with E-state index in [0.29, 0.717) is 46.7 Å². The van der Waals surface area contributed by atoms with Crippen molar-refractivity contribution in [3.63, 3.8) is 0 Å². The number of nitrogens with zero attached hydrogens (tertiary/aromatic N) is 7. The number of piperidine rings is 2. The Morgan fingerprint density at radius 3 is 2.41 bits per heavy atom. The summed E-state index contributed by atoms with van der Waals surface area (Å²) in [4.78, 5) is 80.5. The molecule has 5 amide bonds. The van der Waals surface area contributed by atoms with Crippen molar-refractivity contribution in [3.8, 4) is 11.8 Å². The number of imide groups is 2. The van der Waals surface area contributed by atoms with Gasteiger partial charge in [0.2, 0.25) is 11.8 Å². The number of nitriles is 1. The van der Waals surface area contributed by atoms with E-state index in [4.69, 9.17) is 15.5 Å². The van der Waals surface area contributed by atoms with Gasteiger partial charge in [0, 0.05) is 75.4 Å². The number of primary amides is 1. The molecule has 2 aromatic heterocycles. The van der Waals surface area contributed by atoms with Gasteiger partial charge in [-0.05, 0) is 92.6 Å². The number of hydrogen-bond acceptors (Lipinski definition) is 12. The number of carbonyl (C=O) groups is 5. The van der Waals surface area contributed by atoms with Gasteiger partial charge in [-0.2, -0.15) is 5.26 Å². The number of anilines is 2. The van der Waals surface area contributed by atoms with E-state index in [1.54, 1.807) is 24.4 Å². The largest absolute Gasteiger partial charge is 0.490 e. The molecule has 0 spiro atoms. The minimum atomic E-state index is -0.982. The molecule has 0 radical (unpaired) electrons. The zero-order valence-corrected chi connectivity index (χ0v) is 31.9. The number of fused-ring (bicyclic) bond motifs is 2. The molecule has 6 heterocycles. The van der Waals surface area contributed by atoms with Crippen LogP contribution in [0.3, 0.4) is 0 Å². The molecule has 3 N–H and O–H groups in total. The molecule has 1 unspecified atom stereocenters. The molecule has 4 fully saturated rings. The lowest BCUT2D eigenvalue weighted by atomic mass is 9.78. The summed E-state index contributed by atoms with van der Waals surface area (Å²) < 4.78 is 6.36. The smallest absolute Gasteiger partial charge is 0.262 e. The van der Waals surface area contributed by atoms with E-state index >= 15 is 0 Å². The lowest BCUT2D eigenvalue weighted by Crippen LogP contribution is -2.54. The molecule has 3 saturated heterocycles. The van der Waals surface area contributed by atoms with Crippen molar-refractivity contribution in [2.45, 2.75) is 56.6 Å². The van der Waals surface area contributed by atoms with Crippen LogP contribution in [0.4, 0.5) is 11.5 Å². The maximum absolute atomic E-state index is 13.4. The van der Waals surface area contributed by atoms with Crippen molar-refractivity contribution < 1.29 is 28.7 Å². The molecule has 4 aromatic rings. The number of hydrogen-bond donors (Lipinski definition) is 2. The fourth-order valence-electron chi connectivity index (χ4n) is 9.12. The first-order valence-electron chi connectivity index (χ1n) is 20.0. The number of carbonyl (C=O) groups excluding carboxylic acids is 5. The van der Waals surface area contributed by atoms with Crippen molar-refractivity contribution in [2.24, 2.45) is 11.7 Å². The second-order valence-corrected chi connectivity index (χ2v) is 15.9. The number of ether oxygens (including phenoxy) is 1. The minimum Gasteiger partial charge on any atom is -0.490 e. The van der Waals surface area contributed by atoms with Crippen molar-refractivity contribution in [3.05, 3.63) is 88.7 Å². The first-order chi connectivity index (χ1) is 28.1. The second-order valence-electron chi connectivity index (χ2n) is 15.9. The van der Waals surface area contributed by atoms with Crippen LogP contribution in [0, 0.1) is 17.2 Å².